The summed E-state index contributed by atoms with van der Waals surface area (Å²) in [6, 6.07) is 0.142. The SMILES string of the molecule is CCn1cc(S(=O)(=O)N2C3C=CCC2CC3)nc1C. The van der Waals surface area contributed by atoms with Crippen molar-refractivity contribution in [3.05, 3.63) is 24.2 Å². The van der Waals surface area contributed by atoms with Crippen LogP contribution in [0.5, 0.6) is 0 Å². The molecule has 3 heterocycles. The monoisotopic (exact) mass is 281 g/mol. The fraction of sp³-hybridized carbons (Fsp3) is 0.615. The van der Waals surface area contributed by atoms with E-state index in [-0.39, 0.29) is 17.1 Å². The van der Waals surface area contributed by atoms with Crippen molar-refractivity contribution in [2.75, 3.05) is 0 Å². The number of hydrogen-bond acceptors (Lipinski definition) is 3. The number of hydrogen-bond donors (Lipinski definition) is 0. The molecule has 3 rings (SSSR count). The lowest BCUT2D eigenvalue weighted by molar-refractivity contribution is 0.340. The molecule has 2 aliphatic heterocycles. The van der Waals surface area contributed by atoms with E-state index in [1.165, 1.54) is 0 Å². The maximum atomic E-state index is 12.7. The van der Waals surface area contributed by atoms with Gasteiger partial charge in [-0.2, -0.15) is 4.31 Å². The zero-order chi connectivity index (χ0) is 13.6. The van der Waals surface area contributed by atoms with Crippen molar-refractivity contribution in [2.45, 2.75) is 56.8 Å². The molecule has 2 unspecified atom stereocenters. The van der Waals surface area contributed by atoms with Crippen molar-refractivity contribution in [1.82, 2.24) is 13.9 Å². The van der Waals surface area contributed by atoms with Crippen LogP contribution in [0, 0.1) is 6.92 Å². The maximum Gasteiger partial charge on any atom is 0.262 e. The molecule has 1 fully saturated rings. The quantitative estimate of drug-likeness (QED) is 0.792. The molecule has 0 saturated carbocycles. The first-order chi connectivity index (χ1) is 9.04. The van der Waals surface area contributed by atoms with E-state index in [1.54, 1.807) is 10.5 Å². The molecular weight excluding hydrogens is 262 g/mol. The summed E-state index contributed by atoms with van der Waals surface area (Å²) >= 11 is 0. The van der Waals surface area contributed by atoms with Crippen molar-refractivity contribution in [2.24, 2.45) is 0 Å². The molecule has 0 N–H and O–H groups in total. The number of fused-ring (bicyclic) bond motifs is 2. The summed E-state index contributed by atoms with van der Waals surface area (Å²) in [4.78, 5) is 4.23. The van der Waals surface area contributed by atoms with Gasteiger partial charge in [-0.05, 0) is 33.1 Å². The molecule has 2 bridgehead atoms. The zero-order valence-electron chi connectivity index (χ0n) is 11.3. The van der Waals surface area contributed by atoms with Gasteiger partial charge in [0, 0.05) is 24.8 Å². The summed E-state index contributed by atoms with van der Waals surface area (Å²) in [5.74, 6) is 0.751. The number of aromatic nitrogens is 2. The van der Waals surface area contributed by atoms with E-state index in [0.29, 0.717) is 0 Å². The summed E-state index contributed by atoms with van der Waals surface area (Å²) in [5.41, 5.74) is 0. The molecule has 6 heteroatoms. The molecular formula is C13H19N3O2S. The molecule has 2 atom stereocenters. The Kier molecular flexibility index (Phi) is 3.02. The third kappa shape index (κ3) is 1.94. The Morgan fingerprint density at radius 1 is 1.42 bits per heavy atom. The molecule has 1 aromatic heterocycles. The van der Waals surface area contributed by atoms with Gasteiger partial charge in [-0.3, -0.25) is 0 Å². The molecule has 19 heavy (non-hydrogen) atoms. The van der Waals surface area contributed by atoms with E-state index in [9.17, 15) is 8.42 Å². The van der Waals surface area contributed by atoms with Gasteiger partial charge in [0.15, 0.2) is 5.03 Å². The number of imidazole rings is 1. The lowest BCUT2D eigenvalue weighted by atomic mass is 10.2. The predicted molar refractivity (Wildman–Crippen MR) is 72.2 cm³/mol. The van der Waals surface area contributed by atoms with Gasteiger partial charge in [0.05, 0.1) is 0 Å². The second-order valence-electron chi connectivity index (χ2n) is 5.21. The topological polar surface area (TPSA) is 55.2 Å². The van der Waals surface area contributed by atoms with Crippen LogP contribution in [-0.4, -0.2) is 34.4 Å². The lowest BCUT2D eigenvalue weighted by Crippen LogP contribution is -2.42. The van der Waals surface area contributed by atoms with E-state index < -0.39 is 10.0 Å². The van der Waals surface area contributed by atoms with Gasteiger partial charge in [0.2, 0.25) is 0 Å². The average molecular weight is 281 g/mol. The molecule has 2 aliphatic rings. The van der Waals surface area contributed by atoms with Crippen molar-refractivity contribution in [1.29, 1.82) is 0 Å². The van der Waals surface area contributed by atoms with Crippen LogP contribution in [-0.2, 0) is 16.6 Å². The van der Waals surface area contributed by atoms with Crippen LogP contribution in [0.3, 0.4) is 0 Å². The summed E-state index contributed by atoms with van der Waals surface area (Å²) in [5, 5.41) is 0.194. The van der Waals surface area contributed by atoms with Gasteiger partial charge < -0.3 is 4.57 Å². The van der Waals surface area contributed by atoms with E-state index in [1.807, 2.05) is 24.5 Å². The molecule has 5 nitrogen and oxygen atoms in total. The van der Waals surface area contributed by atoms with Crippen molar-refractivity contribution >= 4 is 10.0 Å². The fourth-order valence-corrected chi connectivity index (χ4v) is 4.93. The Bertz CT molecular complexity index is 618. The third-order valence-corrected chi connectivity index (χ3v) is 5.93. The van der Waals surface area contributed by atoms with E-state index in [0.717, 1.165) is 31.6 Å². The summed E-state index contributed by atoms with van der Waals surface area (Å²) < 4.78 is 29.0. The fourth-order valence-electron chi connectivity index (χ4n) is 3.09. The van der Waals surface area contributed by atoms with E-state index >= 15 is 0 Å². The molecule has 0 spiro atoms. The van der Waals surface area contributed by atoms with Crippen LogP contribution >= 0.6 is 0 Å². The Morgan fingerprint density at radius 2 is 2.21 bits per heavy atom. The van der Waals surface area contributed by atoms with Gasteiger partial charge in [-0.25, -0.2) is 13.4 Å². The van der Waals surface area contributed by atoms with Gasteiger partial charge in [-0.15, -0.1) is 0 Å². The maximum absolute atomic E-state index is 12.7. The van der Waals surface area contributed by atoms with Gasteiger partial charge in [0.1, 0.15) is 5.82 Å². The predicted octanol–water partition coefficient (Wildman–Crippen LogP) is 1.69. The van der Waals surface area contributed by atoms with Crippen LogP contribution < -0.4 is 0 Å². The van der Waals surface area contributed by atoms with Gasteiger partial charge in [0.25, 0.3) is 10.0 Å². The van der Waals surface area contributed by atoms with Gasteiger partial charge in [-0.1, -0.05) is 12.2 Å². The minimum Gasteiger partial charge on any atom is -0.334 e. The second kappa shape index (κ2) is 4.45. The Hall–Kier alpha value is -1.14. The van der Waals surface area contributed by atoms with Crippen molar-refractivity contribution < 1.29 is 8.42 Å². The highest BCUT2D eigenvalue weighted by Gasteiger charge is 2.43. The molecule has 0 aromatic carbocycles. The highest BCUT2D eigenvalue weighted by atomic mass is 32.2. The lowest BCUT2D eigenvalue weighted by Gasteiger charge is -2.29. The van der Waals surface area contributed by atoms with E-state index in [2.05, 4.69) is 11.1 Å². The molecule has 104 valence electrons. The van der Waals surface area contributed by atoms with Crippen LogP contribution in [0.25, 0.3) is 0 Å². The summed E-state index contributed by atoms with van der Waals surface area (Å²) in [6.45, 7) is 4.56. The smallest absolute Gasteiger partial charge is 0.262 e. The first kappa shape index (κ1) is 12.9. The normalized spacial score (nSPS) is 27.1. The first-order valence-corrected chi connectivity index (χ1v) is 8.22. The van der Waals surface area contributed by atoms with Crippen LogP contribution in [0.1, 0.15) is 32.0 Å². The summed E-state index contributed by atoms with van der Waals surface area (Å²) in [6.07, 6.45) is 8.47. The largest absolute Gasteiger partial charge is 0.334 e. The van der Waals surface area contributed by atoms with Gasteiger partial charge >= 0.3 is 0 Å². The standard InChI is InChI=1S/C13H19N3O2S/c1-3-15-9-13(14-10(15)2)19(17,18)16-11-5-4-6-12(16)8-7-11/h4-5,9,11-12H,3,6-8H2,1-2H3. The summed E-state index contributed by atoms with van der Waals surface area (Å²) in [7, 11) is -3.46. The number of sulfonamides is 1. The molecule has 1 aromatic rings. The minimum atomic E-state index is -3.46. The Labute approximate surface area is 114 Å². The Morgan fingerprint density at radius 3 is 2.84 bits per heavy atom. The molecule has 1 saturated heterocycles. The number of rotatable bonds is 3. The first-order valence-electron chi connectivity index (χ1n) is 6.78. The average Bonchev–Trinajstić information content (AvgIpc) is 2.89. The molecule has 0 aliphatic carbocycles. The zero-order valence-corrected chi connectivity index (χ0v) is 12.1. The van der Waals surface area contributed by atoms with Crippen molar-refractivity contribution in [3.8, 4) is 0 Å². The second-order valence-corrected chi connectivity index (χ2v) is 7.00. The molecule has 0 radical (unpaired) electrons. The minimum absolute atomic E-state index is 0.0239. The van der Waals surface area contributed by atoms with Crippen LogP contribution in [0.2, 0.25) is 0 Å². The highest BCUT2D eigenvalue weighted by molar-refractivity contribution is 7.89. The van der Waals surface area contributed by atoms with Crippen molar-refractivity contribution in [3.63, 3.8) is 0 Å². The third-order valence-electron chi connectivity index (χ3n) is 4.09. The van der Waals surface area contributed by atoms with Crippen LogP contribution in [0.4, 0.5) is 0 Å². The molecule has 0 amide bonds. The Balaban J connectivity index is 2.01. The van der Waals surface area contributed by atoms with E-state index in [4.69, 9.17) is 0 Å². The number of nitrogens with zero attached hydrogens (tertiary/aromatic N) is 3. The highest BCUT2D eigenvalue weighted by Crippen LogP contribution is 2.36. The van der Waals surface area contributed by atoms with Crippen LogP contribution in [0.15, 0.2) is 23.4 Å². The number of aryl methyl sites for hydroxylation is 2.